The largest absolute Gasteiger partial charge is 0.316 e. The lowest BCUT2D eigenvalue weighted by atomic mass is 9.93. The molecule has 1 heterocycles. The molecule has 2 heteroatoms. The van der Waals surface area contributed by atoms with Crippen LogP contribution in [-0.2, 0) is 0 Å². The van der Waals surface area contributed by atoms with Gasteiger partial charge in [-0.25, -0.2) is 0 Å². The summed E-state index contributed by atoms with van der Waals surface area (Å²) in [6, 6.07) is 7.83. The van der Waals surface area contributed by atoms with Gasteiger partial charge in [0.25, 0.3) is 0 Å². The first-order valence-electron chi connectivity index (χ1n) is 5.06. The summed E-state index contributed by atoms with van der Waals surface area (Å²) >= 11 is 0. The Labute approximate surface area is 84.3 Å². The molecule has 0 amide bonds. The van der Waals surface area contributed by atoms with Crippen LogP contribution in [0.5, 0.6) is 0 Å². The number of nitrogens with one attached hydrogen (secondary N) is 1. The maximum atomic E-state index is 11.7. The van der Waals surface area contributed by atoms with Crippen LogP contribution in [0.2, 0.25) is 0 Å². The van der Waals surface area contributed by atoms with Crippen molar-refractivity contribution in [2.24, 2.45) is 5.92 Å². The molecular weight excluding hydrogens is 174 g/mol. The van der Waals surface area contributed by atoms with Gasteiger partial charge < -0.3 is 5.32 Å². The van der Waals surface area contributed by atoms with E-state index in [0.29, 0.717) is 12.3 Å². The van der Waals surface area contributed by atoms with Gasteiger partial charge in [-0.2, -0.15) is 0 Å². The molecule has 1 fully saturated rings. The highest BCUT2D eigenvalue weighted by Gasteiger charge is 2.20. The predicted molar refractivity (Wildman–Crippen MR) is 56.5 cm³/mol. The van der Waals surface area contributed by atoms with Crippen LogP contribution in [0.4, 0.5) is 0 Å². The highest BCUT2D eigenvalue weighted by molar-refractivity contribution is 5.96. The fourth-order valence-electron chi connectivity index (χ4n) is 1.61. The van der Waals surface area contributed by atoms with Crippen LogP contribution in [-0.4, -0.2) is 18.9 Å². The van der Waals surface area contributed by atoms with Crippen molar-refractivity contribution in [1.82, 2.24) is 5.32 Å². The van der Waals surface area contributed by atoms with E-state index in [1.54, 1.807) is 0 Å². The van der Waals surface area contributed by atoms with Crippen LogP contribution in [0.1, 0.15) is 22.3 Å². The van der Waals surface area contributed by atoms with Crippen molar-refractivity contribution < 1.29 is 4.79 Å². The maximum Gasteiger partial charge on any atom is 0.163 e. The number of hydrogen-bond donors (Lipinski definition) is 1. The van der Waals surface area contributed by atoms with Crippen LogP contribution in [0.3, 0.4) is 0 Å². The SMILES string of the molecule is Cc1ccc(C(=O)CC2CNC2)cc1. The molecule has 2 nitrogen and oxygen atoms in total. The average Bonchev–Trinajstić information content (AvgIpc) is 2.12. The highest BCUT2D eigenvalue weighted by Crippen LogP contribution is 2.13. The zero-order chi connectivity index (χ0) is 9.97. The minimum atomic E-state index is 0.275. The van der Waals surface area contributed by atoms with Crippen LogP contribution in [0.15, 0.2) is 24.3 Å². The first-order chi connectivity index (χ1) is 6.75. The van der Waals surface area contributed by atoms with E-state index in [2.05, 4.69) is 5.32 Å². The van der Waals surface area contributed by atoms with Gasteiger partial charge in [-0.1, -0.05) is 29.8 Å². The van der Waals surface area contributed by atoms with Gasteiger partial charge in [0.15, 0.2) is 5.78 Å². The fraction of sp³-hybridized carbons (Fsp3) is 0.417. The van der Waals surface area contributed by atoms with E-state index < -0.39 is 0 Å². The number of hydrogen-bond acceptors (Lipinski definition) is 2. The van der Waals surface area contributed by atoms with E-state index in [0.717, 1.165) is 18.7 Å². The zero-order valence-corrected chi connectivity index (χ0v) is 8.42. The average molecular weight is 189 g/mol. The Bertz CT molecular complexity index is 325. The standard InChI is InChI=1S/C12H15NO/c1-9-2-4-11(5-3-9)12(14)6-10-7-13-8-10/h2-5,10,13H,6-8H2,1H3. The Balaban J connectivity index is 1.99. The number of aryl methyl sites for hydroxylation is 1. The van der Waals surface area contributed by atoms with Crippen molar-refractivity contribution in [2.45, 2.75) is 13.3 Å². The molecular formula is C12H15NO. The summed E-state index contributed by atoms with van der Waals surface area (Å²) in [6.45, 7) is 4.03. The van der Waals surface area contributed by atoms with Crippen LogP contribution in [0.25, 0.3) is 0 Å². The Kier molecular flexibility index (Phi) is 2.64. The van der Waals surface area contributed by atoms with Crippen molar-refractivity contribution in [3.63, 3.8) is 0 Å². The summed E-state index contributed by atoms with van der Waals surface area (Å²) in [4.78, 5) is 11.7. The molecule has 14 heavy (non-hydrogen) atoms. The predicted octanol–water partition coefficient (Wildman–Crippen LogP) is 1.79. The molecule has 0 bridgehead atoms. The topological polar surface area (TPSA) is 29.1 Å². The van der Waals surface area contributed by atoms with Crippen LogP contribution >= 0.6 is 0 Å². The summed E-state index contributed by atoms with van der Waals surface area (Å²) in [5, 5.41) is 3.17. The van der Waals surface area contributed by atoms with Gasteiger partial charge in [0, 0.05) is 12.0 Å². The van der Waals surface area contributed by atoms with Gasteiger partial charge in [0.05, 0.1) is 0 Å². The van der Waals surface area contributed by atoms with Crippen molar-refractivity contribution in [1.29, 1.82) is 0 Å². The highest BCUT2D eigenvalue weighted by atomic mass is 16.1. The lowest BCUT2D eigenvalue weighted by molar-refractivity contribution is 0.0945. The zero-order valence-electron chi connectivity index (χ0n) is 8.42. The molecule has 1 aliphatic rings. The normalized spacial score (nSPS) is 16.4. The molecule has 1 aliphatic heterocycles. The molecule has 0 unspecified atom stereocenters. The summed E-state index contributed by atoms with van der Waals surface area (Å²) in [7, 11) is 0. The Hall–Kier alpha value is -1.15. The molecule has 1 saturated heterocycles. The molecule has 0 aliphatic carbocycles. The van der Waals surface area contributed by atoms with Gasteiger partial charge in [0.2, 0.25) is 0 Å². The number of Topliss-reactive ketones (excluding diaryl/α,β-unsaturated/α-hetero) is 1. The first-order valence-corrected chi connectivity index (χ1v) is 5.06. The Morgan fingerprint density at radius 3 is 2.50 bits per heavy atom. The molecule has 0 radical (unpaired) electrons. The number of ketones is 1. The van der Waals surface area contributed by atoms with Crippen molar-refractivity contribution in [2.75, 3.05) is 13.1 Å². The van der Waals surface area contributed by atoms with E-state index >= 15 is 0 Å². The van der Waals surface area contributed by atoms with Gasteiger partial charge >= 0.3 is 0 Å². The van der Waals surface area contributed by atoms with Gasteiger partial charge in [0.1, 0.15) is 0 Å². The molecule has 74 valence electrons. The van der Waals surface area contributed by atoms with E-state index in [1.165, 1.54) is 5.56 Å². The van der Waals surface area contributed by atoms with E-state index in [4.69, 9.17) is 0 Å². The molecule has 2 rings (SSSR count). The lowest BCUT2D eigenvalue weighted by Crippen LogP contribution is -2.42. The third-order valence-electron chi connectivity index (χ3n) is 2.71. The number of rotatable bonds is 3. The fourth-order valence-corrected chi connectivity index (χ4v) is 1.61. The summed E-state index contributed by atoms with van der Waals surface area (Å²) in [5.41, 5.74) is 2.05. The molecule has 1 N–H and O–H groups in total. The second kappa shape index (κ2) is 3.93. The Morgan fingerprint density at radius 2 is 2.00 bits per heavy atom. The van der Waals surface area contributed by atoms with Gasteiger partial charge in [-0.15, -0.1) is 0 Å². The van der Waals surface area contributed by atoms with Crippen molar-refractivity contribution >= 4 is 5.78 Å². The van der Waals surface area contributed by atoms with E-state index in [1.807, 2.05) is 31.2 Å². The first kappa shape index (κ1) is 9.41. The Morgan fingerprint density at radius 1 is 1.36 bits per heavy atom. The quantitative estimate of drug-likeness (QED) is 0.734. The molecule has 0 aromatic heterocycles. The van der Waals surface area contributed by atoms with Crippen molar-refractivity contribution in [3.05, 3.63) is 35.4 Å². The third-order valence-corrected chi connectivity index (χ3v) is 2.71. The number of carbonyl (C=O) groups is 1. The summed E-state index contributed by atoms with van der Waals surface area (Å²) in [5.74, 6) is 0.834. The number of carbonyl (C=O) groups excluding carboxylic acids is 1. The minimum absolute atomic E-state index is 0.275. The molecule has 1 aromatic rings. The number of benzene rings is 1. The second-order valence-electron chi connectivity index (χ2n) is 4.02. The van der Waals surface area contributed by atoms with Crippen LogP contribution < -0.4 is 5.32 Å². The third kappa shape index (κ3) is 2.02. The minimum Gasteiger partial charge on any atom is -0.316 e. The maximum absolute atomic E-state index is 11.7. The lowest BCUT2D eigenvalue weighted by Gasteiger charge is -2.26. The molecule has 0 atom stereocenters. The summed E-state index contributed by atoms with van der Waals surface area (Å²) in [6.07, 6.45) is 0.691. The second-order valence-corrected chi connectivity index (χ2v) is 4.02. The smallest absolute Gasteiger partial charge is 0.163 e. The van der Waals surface area contributed by atoms with Crippen molar-refractivity contribution in [3.8, 4) is 0 Å². The molecule has 0 spiro atoms. The van der Waals surface area contributed by atoms with Gasteiger partial charge in [-0.05, 0) is 25.9 Å². The summed E-state index contributed by atoms with van der Waals surface area (Å²) < 4.78 is 0. The monoisotopic (exact) mass is 189 g/mol. The van der Waals surface area contributed by atoms with E-state index in [9.17, 15) is 4.79 Å². The molecule has 0 saturated carbocycles. The van der Waals surface area contributed by atoms with E-state index in [-0.39, 0.29) is 5.78 Å². The van der Waals surface area contributed by atoms with Gasteiger partial charge in [-0.3, -0.25) is 4.79 Å². The van der Waals surface area contributed by atoms with Crippen LogP contribution in [0, 0.1) is 12.8 Å². The molecule has 1 aromatic carbocycles.